The largest absolute Gasteiger partial charge is 0.355 e. The third-order valence-electron chi connectivity index (χ3n) is 5.91. The van der Waals surface area contributed by atoms with Gasteiger partial charge in [0.1, 0.15) is 0 Å². The minimum absolute atomic E-state index is 0. The summed E-state index contributed by atoms with van der Waals surface area (Å²) in [7, 11) is 0. The second-order valence-corrected chi connectivity index (χ2v) is 7.16. The van der Waals surface area contributed by atoms with Gasteiger partial charge in [-0.2, -0.15) is 0 Å². The number of rotatable bonds is 3. The molecular formula is C22H28ClN3. The molecule has 0 spiro atoms. The van der Waals surface area contributed by atoms with Gasteiger partial charge in [-0.1, -0.05) is 30.3 Å². The molecular weight excluding hydrogens is 342 g/mol. The van der Waals surface area contributed by atoms with Crippen LogP contribution in [0.2, 0.25) is 0 Å². The Kier molecular flexibility index (Phi) is 5.57. The van der Waals surface area contributed by atoms with Crippen molar-refractivity contribution in [2.75, 3.05) is 18.0 Å². The van der Waals surface area contributed by atoms with Crippen LogP contribution >= 0.6 is 12.4 Å². The number of benzene rings is 1. The van der Waals surface area contributed by atoms with Gasteiger partial charge >= 0.3 is 0 Å². The van der Waals surface area contributed by atoms with Crippen LogP contribution in [-0.2, 0) is 6.54 Å². The standard InChI is InChI=1S/C22H27N3.ClH/c1-4-25-17(3)16(2)20-10-13-23-22(21(20)25)24-14-11-19(12-15-24)18-8-6-5-7-9-18;/h5-10,13,19H,4,11-12,14-15H2,1-3H3;1H. The van der Waals surface area contributed by atoms with Crippen LogP contribution in [0.5, 0.6) is 0 Å². The highest BCUT2D eigenvalue weighted by Crippen LogP contribution is 2.35. The summed E-state index contributed by atoms with van der Waals surface area (Å²) in [5.74, 6) is 1.85. The van der Waals surface area contributed by atoms with E-state index in [2.05, 4.69) is 66.6 Å². The van der Waals surface area contributed by atoms with Gasteiger partial charge < -0.3 is 9.47 Å². The smallest absolute Gasteiger partial charge is 0.153 e. The van der Waals surface area contributed by atoms with Gasteiger partial charge in [-0.05, 0) is 56.7 Å². The van der Waals surface area contributed by atoms with Crippen LogP contribution in [-0.4, -0.2) is 22.6 Å². The molecule has 4 heteroatoms. The molecule has 0 atom stereocenters. The monoisotopic (exact) mass is 369 g/mol. The van der Waals surface area contributed by atoms with Gasteiger partial charge in [-0.15, -0.1) is 12.4 Å². The van der Waals surface area contributed by atoms with E-state index in [4.69, 9.17) is 4.98 Å². The molecule has 1 aromatic carbocycles. The third-order valence-corrected chi connectivity index (χ3v) is 5.91. The fourth-order valence-corrected chi connectivity index (χ4v) is 4.35. The summed E-state index contributed by atoms with van der Waals surface area (Å²) in [4.78, 5) is 7.29. The lowest BCUT2D eigenvalue weighted by Gasteiger charge is -2.33. The predicted molar refractivity (Wildman–Crippen MR) is 113 cm³/mol. The van der Waals surface area contributed by atoms with Crippen molar-refractivity contribution in [1.82, 2.24) is 9.55 Å². The molecule has 26 heavy (non-hydrogen) atoms. The number of hydrogen-bond acceptors (Lipinski definition) is 2. The maximum atomic E-state index is 4.80. The molecule has 1 aliphatic rings. The summed E-state index contributed by atoms with van der Waals surface area (Å²) in [5.41, 5.74) is 5.56. The first-order chi connectivity index (χ1) is 12.2. The first-order valence-electron chi connectivity index (χ1n) is 9.45. The van der Waals surface area contributed by atoms with Crippen LogP contribution in [0.25, 0.3) is 10.9 Å². The lowest BCUT2D eigenvalue weighted by atomic mass is 9.89. The Balaban J connectivity index is 0.00000196. The van der Waals surface area contributed by atoms with Crippen molar-refractivity contribution in [3.8, 4) is 0 Å². The topological polar surface area (TPSA) is 21.1 Å². The maximum Gasteiger partial charge on any atom is 0.153 e. The van der Waals surface area contributed by atoms with Gasteiger partial charge in [0, 0.05) is 36.9 Å². The number of anilines is 1. The Morgan fingerprint density at radius 3 is 2.38 bits per heavy atom. The molecule has 4 rings (SSSR count). The average Bonchev–Trinajstić information content (AvgIpc) is 2.93. The van der Waals surface area contributed by atoms with Crippen molar-refractivity contribution in [2.24, 2.45) is 0 Å². The molecule has 1 fully saturated rings. The number of aromatic nitrogens is 2. The fourth-order valence-electron chi connectivity index (χ4n) is 4.35. The fraction of sp³-hybridized carbons (Fsp3) is 0.409. The Hall–Kier alpha value is -2.00. The van der Waals surface area contributed by atoms with Crippen LogP contribution in [0, 0.1) is 13.8 Å². The van der Waals surface area contributed by atoms with E-state index < -0.39 is 0 Å². The molecule has 0 N–H and O–H groups in total. The van der Waals surface area contributed by atoms with Crippen molar-refractivity contribution in [2.45, 2.75) is 46.1 Å². The van der Waals surface area contributed by atoms with Crippen LogP contribution in [0.15, 0.2) is 42.6 Å². The van der Waals surface area contributed by atoms with Gasteiger partial charge in [0.2, 0.25) is 0 Å². The molecule has 0 radical (unpaired) electrons. The Labute approximate surface area is 162 Å². The second kappa shape index (κ2) is 7.71. The number of fused-ring (bicyclic) bond motifs is 1. The van der Waals surface area contributed by atoms with Crippen molar-refractivity contribution in [3.63, 3.8) is 0 Å². The summed E-state index contributed by atoms with van der Waals surface area (Å²) in [5, 5.41) is 1.36. The lowest BCUT2D eigenvalue weighted by molar-refractivity contribution is 0.503. The highest BCUT2D eigenvalue weighted by atomic mass is 35.5. The van der Waals surface area contributed by atoms with Crippen molar-refractivity contribution in [1.29, 1.82) is 0 Å². The highest BCUT2D eigenvalue weighted by molar-refractivity contribution is 5.93. The molecule has 1 aliphatic heterocycles. The minimum Gasteiger partial charge on any atom is -0.355 e. The van der Waals surface area contributed by atoms with E-state index in [1.807, 2.05) is 6.20 Å². The Bertz CT molecular complexity index is 877. The first kappa shape index (κ1) is 18.8. The normalized spacial score (nSPS) is 15.3. The highest BCUT2D eigenvalue weighted by Gasteiger charge is 2.24. The van der Waals surface area contributed by atoms with Crippen LogP contribution in [0.4, 0.5) is 5.82 Å². The predicted octanol–water partition coefficient (Wildman–Crippen LogP) is 5.48. The van der Waals surface area contributed by atoms with Crippen molar-refractivity contribution >= 4 is 29.1 Å². The quantitative estimate of drug-likeness (QED) is 0.609. The molecule has 138 valence electrons. The molecule has 3 nitrogen and oxygen atoms in total. The van der Waals surface area contributed by atoms with Crippen LogP contribution in [0.3, 0.4) is 0 Å². The molecule has 3 heterocycles. The maximum absolute atomic E-state index is 4.80. The molecule has 0 bridgehead atoms. The summed E-state index contributed by atoms with van der Waals surface area (Å²) in [6.45, 7) is 9.84. The average molecular weight is 370 g/mol. The number of nitrogens with zero attached hydrogens (tertiary/aromatic N) is 3. The molecule has 2 aromatic heterocycles. The third kappa shape index (κ3) is 3.09. The zero-order chi connectivity index (χ0) is 17.4. The van der Waals surface area contributed by atoms with Crippen molar-refractivity contribution in [3.05, 3.63) is 59.4 Å². The lowest BCUT2D eigenvalue weighted by Crippen LogP contribution is -2.33. The minimum atomic E-state index is 0. The van der Waals surface area contributed by atoms with Crippen molar-refractivity contribution < 1.29 is 0 Å². The van der Waals surface area contributed by atoms with Gasteiger partial charge in [0.15, 0.2) is 5.82 Å². The molecule has 0 aliphatic carbocycles. The van der Waals surface area contributed by atoms with Crippen LogP contribution < -0.4 is 4.90 Å². The number of piperidine rings is 1. The number of halogens is 1. The van der Waals surface area contributed by atoms with E-state index in [0.29, 0.717) is 5.92 Å². The first-order valence-corrected chi connectivity index (χ1v) is 9.45. The van der Waals surface area contributed by atoms with Gasteiger partial charge in [0.25, 0.3) is 0 Å². The zero-order valence-electron chi connectivity index (χ0n) is 15.9. The van der Waals surface area contributed by atoms with Gasteiger partial charge in [-0.3, -0.25) is 0 Å². The second-order valence-electron chi connectivity index (χ2n) is 7.16. The van der Waals surface area contributed by atoms with E-state index in [1.165, 1.54) is 46.4 Å². The Morgan fingerprint density at radius 2 is 1.73 bits per heavy atom. The Morgan fingerprint density at radius 1 is 1.04 bits per heavy atom. The van der Waals surface area contributed by atoms with E-state index >= 15 is 0 Å². The SMILES string of the molecule is CCn1c(C)c(C)c2ccnc(N3CCC(c4ccccc4)CC3)c21.Cl. The van der Waals surface area contributed by atoms with E-state index in [9.17, 15) is 0 Å². The summed E-state index contributed by atoms with van der Waals surface area (Å²) in [6.07, 6.45) is 4.38. The molecule has 3 aromatic rings. The van der Waals surface area contributed by atoms with E-state index in [0.717, 1.165) is 19.6 Å². The van der Waals surface area contributed by atoms with Crippen LogP contribution in [0.1, 0.15) is 42.5 Å². The van der Waals surface area contributed by atoms with E-state index in [-0.39, 0.29) is 12.4 Å². The zero-order valence-corrected chi connectivity index (χ0v) is 16.7. The van der Waals surface area contributed by atoms with Gasteiger partial charge in [0.05, 0.1) is 5.52 Å². The van der Waals surface area contributed by atoms with Gasteiger partial charge in [-0.25, -0.2) is 4.98 Å². The summed E-state index contributed by atoms with van der Waals surface area (Å²) in [6, 6.07) is 13.1. The molecule has 0 amide bonds. The molecule has 1 saturated heterocycles. The number of pyridine rings is 1. The summed E-state index contributed by atoms with van der Waals surface area (Å²) >= 11 is 0. The summed E-state index contributed by atoms with van der Waals surface area (Å²) < 4.78 is 2.43. The van der Waals surface area contributed by atoms with E-state index in [1.54, 1.807) is 0 Å². The molecule has 0 unspecified atom stereocenters. The molecule has 0 saturated carbocycles. The number of hydrogen-bond donors (Lipinski definition) is 0. The number of aryl methyl sites for hydroxylation is 2.